The molecule has 2 rings (SSSR count). The number of hydrogen-bond acceptors (Lipinski definition) is 4. The van der Waals surface area contributed by atoms with Crippen LogP contribution in [0.2, 0.25) is 0 Å². The first-order valence-corrected chi connectivity index (χ1v) is 9.45. The molecule has 142 valence electrons. The van der Waals surface area contributed by atoms with Crippen LogP contribution in [-0.4, -0.2) is 33.9 Å². The number of para-hydroxylation sites is 1. The van der Waals surface area contributed by atoms with E-state index in [9.17, 15) is 9.59 Å². The van der Waals surface area contributed by atoms with Gasteiger partial charge in [0.15, 0.2) is 0 Å². The Labute approximate surface area is 154 Å². The van der Waals surface area contributed by atoms with E-state index in [1.165, 1.54) is 0 Å². The lowest BCUT2D eigenvalue weighted by Gasteiger charge is -2.30. The molecule has 1 unspecified atom stereocenters. The van der Waals surface area contributed by atoms with Gasteiger partial charge in [-0.25, -0.2) is 4.98 Å². The predicted molar refractivity (Wildman–Crippen MR) is 105 cm³/mol. The molecule has 1 aromatic heterocycles. The van der Waals surface area contributed by atoms with Crippen molar-refractivity contribution in [2.75, 3.05) is 13.1 Å². The van der Waals surface area contributed by atoms with Crippen molar-refractivity contribution in [1.82, 2.24) is 14.9 Å². The Kier molecular flexibility index (Phi) is 7.33. The third kappa shape index (κ3) is 4.91. The molecule has 0 fully saturated rings. The van der Waals surface area contributed by atoms with Gasteiger partial charge in [0.25, 0.3) is 5.56 Å². The fraction of sp³-hybridized carbons (Fsp3) is 0.550. The lowest BCUT2D eigenvalue weighted by Crippen LogP contribution is -2.38. The maximum Gasteiger partial charge on any atom is 0.258 e. The van der Waals surface area contributed by atoms with E-state index in [-0.39, 0.29) is 23.4 Å². The second-order valence-electron chi connectivity index (χ2n) is 7.03. The van der Waals surface area contributed by atoms with Gasteiger partial charge < -0.3 is 15.6 Å². The second-order valence-corrected chi connectivity index (χ2v) is 7.03. The van der Waals surface area contributed by atoms with Gasteiger partial charge in [-0.2, -0.15) is 0 Å². The Morgan fingerprint density at radius 2 is 1.85 bits per heavy atom. The minimum Gasteiger partial charge on any atom is -0.333 e. The number of rotatable bonds is 9. The maximum atomic E-state index is 12.7. The van der Waals surface area contributed by atoms with E-state index in [2.05, 4.69) is 9.97 Å². The third-order valence-electron chi connectivity index (χ3n) is 4.62. The fourth-order valence-corrected chi connectivity index (χ4v) is 3.06. The van der Waals surface area contributed by atoms with Gasteiger partial charge in [0.1, 0.15) is 5.82 Å². The highest BCUT2D eigenvalue weighted by atomic mass is 16.2. The van der Waals surface area contributed by atoms with E-state index in [0.29, 0.717) is 29.8 Å². The van der Waals surface area contributed by atoms with Crippen LogP contribution in [0.25, 0.3) is 10.9 Å². The molecule has 0 saturated heterocycles. The molecule has 0 aliphatic carbocycles. The normalized spacial score (nSPS) is 12.5. The lowest BCUT2D eigenvalue weighted by atomic mass is 10.1. The van der Waals surface area contributed by atoms with Crippen molar-refractivity contribution in [2.45, 2.75) is 52.5 Å². The SMILES string of the molecule is CC(C)C(=O)N(CCCCCCN)C(C)c1nc2ccccc2c(=O)[nH]1. The molecule has 1 amide bonds. The van der Waals surface area contributed by atoms with Crippen LogP contribution in [0.5, 0.6) is 0 Å². The number of benzene rings is 1. The molecule has 0 bridgehead atoms. The number of amides is 1. The zero-order valence-corrected chi connectivity index (χ0v) is 16.0. The van der Waals surface area contributed by atoms with Crippen molar-refractivity contribution in [1.29, 1.82) is 0 Å². The molecular formula is C20H30N4O2. The molecule has 0 aliphatic heterocycles. The first-order valence-electron chi connectivity index (χ1n) is 9.45. The van der Waals surface area contributed by atoms with E-state index in [4.69, 9.17) is 5.73 Å². The van der Waals surface area contributed by atoms with Crippen LogP contribution in [0.15, 0.2) is 29.1 Å². The minimum atomic E-state index is -0.281. The van der Waals surface area contributed by atoms with Crippen LogP contribution in [0.3, 0.4) is 0 Å². The second kappa shape index (κ2) is 9.48. The number of nitrogens with one attached hydrogen (secondary N) is 1. The first-order chi connectivity index (χ1) is 12.5. The number of carbonyl (C=O) groups is 1. The van der Waals surface area contributed by atoms with Crippen LogP contribution >= 0.6 is 0 Å². The standard InChI is InChI=1S/C20H30N4O2/c1-14(2)20(26)24(13-9-5-4-8-12-21)15(3)18-22-17-11-7-6-10-16(17)19(25)23-18/h6-7,10-11,14-15H,4-5,8-9,12-13,21H2,1-3H3,(H,22,23,25). The minimum absolute atomic E-state index is 0.0760. The van der Waals surface area contributed by atoms with Gasteiger partial charge in [0.05, 0.1) is 16.9 Å². The Bertz CT molecular complexity index is 785. The molecule has 26 heavy (non-hydrogen) atoms. The number of aromatic nitrogens is 2. The Balaban J connectivity index is 2.23. The van der Waals surface area contributed by atoms with Crippen molar-refractivity contribution >= 4 is 16.8 Å². The summed E-state index contributed by atoms with van der Waals surface area (Å²) in [7, 11) is 0. The number of aromatic amines is 1. The molecular weight excluding hydrogens is 328 g/mol. The fourth-order valence-electron chi connectivity index (χ4n) is 3.06. The van der Waals surface area contributed by atoms with Crippen molar-refractivity contribution in [3.63, 3.8) is 0 Å². The average molecular weight is 358 g/mol. The van der Waals surface area contributed by atoms with Gasteiger partial charge in [0.2, 0.25) is 5.91 Å². The van der Waals surface area contributed by atoms with Crippen LogP contribution in [0.4, 0.5) is 0 Å². The van der Waals surface area contributed by atoms with Gasteiger partial charge in [0, 0.05) is 12.5 Å². The van der Waals surface area contributed by atoms with Crippen molar-refractivity contribution in [3.05, 3.63) is 40.4 Å². The summed E-state index contributed by atoms with van der Waals surface area (Å²) in [6.07, 6.45) is 4.03. The molecule has 0 saturated carbocycles. The molecule has 6 heteroatoms. The van der Waals surface area contributed by atoms with Crippen LogP contribution < -0.4 is 11.3 Å². The quantitative estimate of drug-likeness (QED) is 0.674. The largest absolute Gasteiger partial charge is 0.333 e. The summed E-state index contributed by atoms with van der Waals surface area (Å²) in [4.78, 5) is 34.3. The number of nitrogens with zero attached hydrogens (tertiary/aromatic N) is 2. The molecule has 0 radical (unpaired) electrons. The van der Waals surface area contributed by atoms with Gasteiger partial charge in [-0.1, -0.05) is 38.8 Å². The summed E-state index contributed by atoms with van der Waals surface area (Å²) in [5, 5.41) is 0.562. The predicted octanol–water partition coefficient (Wildman–Crippen LogP) is 2.99. The van der Waals surface area contributed by atoms with E-state index in [1.54, 1.807) is 6.07 Å². The van der Waals surface area contributed by atoms with Crippen LogP contribution in [0, 0.1) is 5.92 Å². The molecule has 0 spiro atoms. The lowest BCUT2D eigenvalue weighted by molar-refractivity contribution is -0.137. The van der Waals surface area contributed by atoms with Gasteiger partial charge in [-0.15, -0.1) is 0 Å². The molecule has 6 nitrogen and oxygen atoms in total. The van der Waals surface area contributed by atoms with Gasteiger partial charge in [-0.3, -0.25) is 9.59 Å². The van der Waals surface area contributed by atoms with E-state index in [0.717, 1.165) is 25.7 Å². The Morgan fingerprint density at radius 1 is 1.15 bits per heavy atom. The third-order valence-corrected chi connectivity index (χ3v) is 4.62. The number of fused-ring (bicyclic) bond motifs is 1. The summed E-state index contributed by atoms with van der Waals surface area (Å²) in [5.74, 6) is 0.505. The smallest absolute Gasteiger partial charge is 0.258 e. The van der Waals surface area contributed by atoms with Gasteiger partial charge >= 0.3 is 0 Å². The average Bonchev–Trinajstić information content (AvgIpc) is 2.63. The zero-order chi connectivity index (χ0) is 19.1. The number of H-pyrrole nitrogens is 1. The van der Waals surface area contributed by atoms with E-state index < -0.39 is 0 Å². The van der Waals surface area contributed by atoms with Crippen molar-refractivity contribution < 1.29 is 4.79 Å². The molecule has 3 N–H and O–H groups in total. The number of carbonyl (C=O) groups excluding carboxylic acids is 1. The first kappa shape index (κ1) is 20.1. The van der Waals surface area contributed by atoms with Crippen molar-refractivity contribution in [3.8, 4) is 0 Å². The Hall–Kier alpha value is -2.21. The molecule has 0 aliphatic rings. The Morgan fingerprint density at radius 3 is 2.54 bits per heavy atom. The summed E-state index contributed by atoms with van der Waals surface area (Å²) in [6.45, 7) is 7.07. The number of nitrogens with two attached hydrogens (primary N) is 1. The van der Waals surface area contributed by atoms with Crippen LogP contribution in [0.1, 0.15) is 58.3 Å². The van der Waals surface area contributed by atoms with Gasteiger partial charge in [-0.05, 0) is 38.4 Å². The maximum absolute atomic E-state index is 12.7. The number of hydrogen-bond donors (Lipinski definition) is 2. The monoisotopic (exact) mass is 358 g/mol. The highest BCUT2D eigenvalue weighted by Crippen LogP contribution is 2.21. The van der Waals surface area contributed by atoms with E-state index >= 15 is 0 Å². The van der Waals surface area contributed by atoms with E-state index in [1.807, 2.05) is 43.9 Å². The molecule has 2 aromatic rings. The highest BCUT2D eigenvalue weighted by Gasteiger charge is 2.25. The van der Waals surface area contributed by atoms with Crippen LogP contribution in [-0.2, 0) is 4.79 Å². The molecule has 1 aromatic carbocycles. The summed E-state index contributed by atoms with van der Waals surface area (Å²) >= 11 is 0. The molecule has 1 atom stereocenters. The summed E-state index contributed by atoms with van der Waals surface area (Å²) < 4.78 is 0. The zero-order valence-electron chi connectivity index (χ0n) is 16.0. The topological polar surface area (TPSA) is 92.1 Å². The molecule has 1 heterocycles. The highest BCUT2D eigenvalue weighted by molar-refractivity contribution is 5.79. The number of unbranched alkanes of at least 4 members (excludes halogenated alkanes) is 3. The summed E-state index contributed by atoms with van der Waals surface area (Å²) in [6, 6.07) is 6.97. The summed E-state index contributed by atoms with van der Waals surface area (Å²) in [5.41, 5.74) is 6.02. The van der Waals surface area contributed by atoms with Crippen molar-refractivity contribution in [2.24, 2.45) is 11.7 Å².